The Balaban J connectivity index is 1.67. The van der Waals surface area contributed by atoms with Gasteiger partial charge in [0.25, 0.3) is 0 Å². The van der Waals surface area contributed by atoms with E-state index in [4.69, 9.17) is 10.0 Å². The first-order chi connectivity index (χ1) is 13.7. The van der Waals surface area contributed by atoms with Crippen LogP contribution in [0.4, 0.5) is 5.69 Å². The van der Waals surface area contributed by atoms with Crippen LogP contribution in [0.2, 0.25) is 0 Å². The number of aromatic amines is 1. The highest BCUT2D eigenvalue weighted by atomic mass is 16.6. The molecule has 8 heteroatoms. The van der Waals surface area contributed by atoms with Crippen molar-refractivity contribution in [1.82, 2.24) is 10.5 Å². The molecule has 28 heavy (non-hydrogen) atoms. The van der Waals surface area contributed by atoms with Crippen molar-refractivity contribution in [3.8, 4) is 5.88 Å². The van der Waals surface area contributed by atoms with Crippen molar-refractivity contribution in [2.45, 2.75) is 12.8 Å². The number of hydroxylamine groups is 1. The number of nitrogens with zero attached hydrogens (tertiary/aromatic N) is 2. The highest BCUT2D eigenvalue weighted by Gasteiger charge is 2.29. The second kappa shape index (κ2) is 7.53. The van der Waals surface area contributed by atoms with E-state index in [1.807, 2.05) is 48.5 Å². The summed E-state index contributed by atoms with van der Waals surface area (Å²) < 4.78 is 0. The van der Waals surface area contributed by atoms with E-state index in [0.29, 0.717) is 23.4 Å². The monoisotopic (exact) mass is 378 g/mol. The van der Waals surface area contributed by atoms with Gasteiger partial charge in [-0.3, -0.25) is 10.0 Å². The second-order valence-electron chi connectivity index (χ2n) is 6.28. The Morgan fingerprint density at radius 1 is 1.18 bits per heavy atom. The van der Waals surface area contributed by atoms with Gasteiger partial charge < -0.3 is 14.9 Å². The summed E-state index contributed by atoms with van der Waals surface area (Å²) in [6.07, 6.45) is 0.526. The van der Waals surface area contributed by atoms with Crippen LogP contribution in [0.5, 0.6) is 5.88 Å². The van der Waals surface area contributed by atoms with Crippen molar-refractivity contribution in [3.63, 3.8) is 0 Å². The third-order valence-electron chi connectivity index (χ3n) is 4.46. The van der Waals surface area contributed by atoms with E-state index in [0.717, 1.165) is 22.2 Å². The fourth-order valence-electron chi connectivity index (χ4n) is 3.17. The third-order valence-corrected chi connectivity index (χ3v) is 4.46. The van der Waals surface area contributed by atoms with Gasteiger partial charge in [-0.25, -0.2) is 10.5 Å². The topological polar surface area (TPSA) is 119 Å². The van der Waals surface area contributed by atoms with E-state index < -0.39 is 5.91 Å². The van der Waals surface area contributed by atoms with Gasteiger partial charge in [0, 0.05) is 22.9 Å². The number of carbonyl (C=O) groups is 1. The number of hydrogen-bond donors (Lipinski definition) is 4. The molecule has 3 aromatic rings. The van der Waals surface area contributed by atoms with E-state index in [9.17, 15) is 9.90 Å². The summed E-state index contributed by atoms with van der Waals surface area (Å²) in [6.45, 7) is 0.201. The molecule has 0 saturated carbocycles. The fraction of sp³-hybridized carbons (Fsp3) is 0.150. The molecule has 4 N–H and O–H groups in total. The quantitative estimate of drug-likeness (QED) is 0.299. The molecule has 0 atom stereocenters. The molecule has 2 heterocycles. The van der Waals surface area contributed by atoms with Crippen molar-refractivity contribution in [1.29, 1.82) is 0 Å². The number of hydrogen-bond acceptors (Lipinski definition) is 6. The standard InChI is InChI=1S/C20H18N4O4/c25-16(23-27)10-5-11-28-24-18-13-7-2-4-9-15(13)21-19(18)17-12-6-1-3-8-14(12)22-20(17)26/h1-4,6-9,22,26-27H,5,10-11H2,(H,23,25). The van der Waals surface area contributed by atoms with Gasteiger partial charge in [-0.15, -0.1) is 0 Å². The number of aromatic hydroxyl groups is 1. The minimum Gasteiger partial charge on any atom is -0.494 e. The molecule has 0 aliphatic carbocycles. The van der Waals surface area contributed by atoms with Crippen LogP contribution in [0.25, 0.3) is 10.9 Å². The summed E-state index contributed by atoms with van der Waals surface area (Å²) in [5.74, 6) is -0.464. The van der Waals surface area contributed by atoms with Gasteiger partial charge in [0.1, 0.15) is 18.0 Å². The van der Waals surface area contributed by atoms with E-state index in [2.05, 4.69) is 15.1 Å². The van der Waals surface area contributed by atoms with Gasteiger partial charge in [0.15, 0.2) is 5.88 Å². The number of fused-ring (bicyclic) bond motifs is 2. The Kier molecular flexibility index (Phi) is 4.77. The number of para-hydroxylation sites is 2. The molecule has 4 rings (SSSR count). The molecule has 1 aliphatic heterocycles. The van der Waals surface area contributed by atoms with Crippen LogP contribution in [-0.4, -0.2) is 39.2 Å². The van der Waals surface area contributed by atoms with Crippen LogP contribution in [0.3, 0.4) is 0 Å². The third kappa shape index (κ3) is 3.21. The summed E-state index contributed by atoms with van der Waals surface area (Å²) in [6, 6.07) is 15.1. The van der Waals surface area contributed by atoms with E-state index >= 15 is 0 Å². The van der Waals surface area contributed by atoms with Crippen molar-refractivity contribution < 1.29 is 19.9 Å². The molecule has 0 saturated heterocycles. The molecule has 0 spiro atoms. The molecule has 0 radical (unpaired) electrons. The first-order valence-corrected chi connectivity index (χ1v) is 8.80. The predicted octanol–water partition coefficient (Wildman–Crippen LogP) is 3.01. The number of oxime groups is 1. The van der Waals surface area contributed by atoms with E-state index in [1.165, 1.54) is 0 Å². The van der Waals surface area contributed by atoms with Gasteiger partial charge >= 0.3 is 0 Å². The van der Waals surface area contributed by atoms with Crippen LogP contribution in [0.15, 0.2) is 58.7 Å². The van der Waals surface area contributed by atoms with Crippen molar-refractivity contribution in [2.24, 2.45) is 10.1 Å². The Morgan fingerprint density at radius 3 is 2.82 bits per heavy atom. The predicted molar refractivity (Wildman–Crippen MR) is 104 cm³/mol. The van der Waals surface area contributed by atoms with Crippen LogP contribution < -0.4 is 5.48 Å². The zero-order valence-electron chi connectivity index (χ0n) is 14.8. The second-order valence-corrected chi connectivity index (χ2v) is 6.28. The summed E-state index contributed by atoms with van der Waals surface area (Å²) >= 11 is 0. The summed E-state index contributed by atoms with van der Waals surface area (Å²) in [4.78, 5) is 24.1. The SMILES string of the molecule is O=C(CCCON=C1C(c2c(O)[nH]c3ccccc23)=Nc2ccccc21)NO. The molecule has 0 unspecified atom stereocenters. The molecule has 8 nitrogen and oxygen atoms in total. The zero-order valence-corrected chi connectivity index (χ0v) is 14.8. The molecular weight excluding hydrogens is 360 g/mol. The number of carbonyl (C=O) groups excluding carboxylic acids is 1. The maximum atomic E-state index is 11.1. The Bertz CT molecular complexity index is 1100. The zero-order chi connectivity index (χ0) is 19.5. The minimum atomic E-state index is -0.478. The van der Waals surface area contributed by atoms with Crippen molar-refractivity contribution >= 4 is 33.9 Å². The van der Waals surface area contributed by atoms with Crippen LogP contribution in [-0.2, 0) is 9.63 Å². The van der Waals surface area contributed by atoms with Crippen LogP contribution in [0.1, 0.15) is 24.0 Å². The number of amides is 1. The molecule has 1 amide bonds. The molecule has 142 valence electrons. The van der Waals surface area contributed by atoms with E-state index in [1.54, 1.807) is 5.48 Å². The van der Waals surface area contributed by atoms with E-state index in [-0.39, 0.29) is 18.9 Å². The fourth-order valence-corrected chi connectivity index (χ4v) is 3.17. The lowest BCUT2D eigenvalue weighted by Crippen LogP contribution is -2.18. The summed E-state index contributed by atoms with van der Waals surface area (Å²) in [5, 5.41) is 24.1. The number of aliphatic imine (C=N–C) groups is 1. The first-order valence-electron chi connectivity index (χ1n) is 8.80. The van der Waals surface area contributed by atoms with Gasteiger partial charge in [0.2, 0.25) is 5.91 Å². The highest BCUT2D eigenvalue weighted by Crippen LogP contribution is 2.35. The maximum Gasteiger partial charge on any atom is 0.243 e. The number of aromatic nitrogens is 1. The van der Waals surface area contributed by atoms with Gasteiger partial charge in [-0.05, 0) is 18.6 Å². The smallest absolute Gasteiger partial charge is 0.243 e. The number of rotatable bonds is 6. The lowest BCUT2D eigenvalue weighted by atomic mass is 10.0. The molecule has 0 bridgehead atoms. The largest absolute Gasteiger partial charge is 0.494 e. The molecule has 1 aromatic heterocycles. The first kappa shape index (κ1) is 17.7. The normalized spacial score (nSPS) is 14.2. The lowest BCUT2D eigenvalue weighted by molar-refractivity contribution is -0.129. The molecule has 0 fully saturated rings. The van der Waals surface area contributed by atoms with Gasteiger partial charge in [-0.2, -0.15) is 0 Å². The number of benzene rings is 2. The molecule has 2 aromatic carbocycles. The molecule has 1 aliphatic rings. The summed E-state index contributed by atoms with van der Waals surface area (Å²) in [5.41, 5.74) is 5.51. The Labute approximate surface area is 160 Å². The lowest BCUT2D eigenvalue weighted by Gasteiger charge is -2.05. The van der Waals surface area contributed by atoms with Crippen LogP contribution in [0, 0.1) is 0 Å². The highest BCUT2D eigenvalue weighted by molar-refractivity contribution is 6.58. The number of H-pyrrole nitrogens is 1. The van der Waals surface area contributed by atoms with Crippen molar-refractivity contribution in [3.05, 3.63) is 59.7 Å². The Morgan fingerprint density at radius 2 is 1.96 bits per heavy atom. The van der Waals surface area contributed by atoms with Crippen molar-refractivity contribution in [2.75, 3.05) is 6.61 Å². The Hall–Kier alpha value is -3.65. The van der Waals surface area contributed by atoms with Gasteiger partial charge in [-0.1, -0.05) is 41.6 Å². The average Bonchev–Trinajstić information content (AvgIpc) is 3.23. The average molecular weight is 378 g/mol. The van der Waals surface area contributed by atoms with Gasteiger partial charge in [0.05, 0.1) is 11.3 Å². The number of nitrogens with one attached hydrogen (secondary N) is 2. The summed E-state index contributed by atoms with van der Waals surface area (Å²) in [7, 11) is 0. The van der Waals surface area contributed by atoms with Crippen LogP contribution >= 0.6 is 0 Å². The molecular formula is C20H18N4O4. The maximum absolute atomic E-state index is 11.1. The minimum absolute atomic E-state index is 0.0140.